The van der Waals surface area contributed by atoms with Crippen molar-refractivity contribution in [3.05, 3.63) is 72.3 Å². The molecule has 0 N–H and O–H groups in total. The van der Waals surface area contributed by atoms with Crippen LogP contribution < -0.4 is 0 Å². The maximum Gasteiger partial charge on any atom is 0.0557 e. The van der Waals surface area contributed by atoms with E-state index in [9.17, 15) is 0 Å². The minimum absolute atomic E-state index is 0.131. The lowest BCUT2D eigenvalue weighted by molar-refractivity contribution is 1.08. The van der Waals surface area contributed by atoms with Crippen LogP contribution in [0.5, 0.6) is 0 Å². The lowest BCUT2D eigenvalue weighted by Crippen LogP contribution is -1.80. The summed E-state index contributed by atoms with van der Waals surface area (Å²) < 4.78 is 0. The Hall–Kier alpha value is -1.27. The molecular formula is C14H15Cl. The molecule has 0 fully saturated rings. The van der Waals surface area contributed by atoms with Gasteiger partial charge in [0, 0.05) is 0 Å². The van der Waals surface area contributed by atoms with Crippen LogP contribution in [0.1, 0.15) is 17.9 Å². The highest BCUT2D eigenvalue weighted by molar-refractivity contribution is 6.20. The van der Waals surface area contributed by atoms with Crippen molar-refractivity contribution >= 4 is 11.6 Å². The van der Waals surface area contributed by atoms with E-state index in [1.54, 1.807) is 0 Å². The number of benzene rings is 2. The molecule has 78 valence electrons. The largest absolute Gasteiger partial charge is 0.118 e. The van der Waals surface area contributed by atoms with Crippen molar-refractivity contribution in [2.45, 2.75) is 12.3 Å². The van der Waals surface area contributed by atoms with Crippen LogP contribution in [-0.2, 0) is 0 Å². The van der Waals surface area contributed by atoms with Gasteiger partial charge in [-0.15, -0.1) is 11.6 Å². The third kappa shape index (κ3) is 5.24. The van der Waals surface area contributed by atoms with Gasteiger partial charge in [0.05, 0.1) is 5.38 Å². The van der Waals surface area contributed by atoms with Gasteiger partial charge in [-0.25, -0.2) is 0 Å². The molecule has 0 aromatic heterocycles. The van der Waals surface area contributed by atoms with Gasteiger partial charge >= 0.3 is 0 Å². The molecule has 0 nitrogen and oxygen atoms in total. The quantitative estimate of drug-likeness (QED) is 0.610. The summed E-state index contributed by atoms with van der Waals surface area (Å²) in [5, 5.41) is 0.131. The molecular weight excluding hydrogens is 204 g/mol. The standard InChI is InChI=1S/C8H9Cl.C6H6/c1-7(9)8-5-3-2-4-6-8;1-2-4-6-5-3-1/h2-7H,1H3;1-6H. The van der Waals surface area contributed by atoms with E-state index >= 15 is 0 Å². The van der Waals surface area contributed by atoms with E-state index in [4.69, 9.17) is 11.6 Å². The van der Waals surface area contributed by atoms with Gasteiger partial charge in [-0.1, -0.05) is 66.7 Å². The Labute approximate surface area is 96.5 Å². The molecule has 15 heavy (non-hydrogen) atoms. The summed E-state index contributed by atoms with van der Waals surface area (Å²) in [6, 6.07) is 22.0. The van der Waals surface area contributed by atoms with Gasteiger partial charge in [-0.3, -0.25) is 0 Å². The molecule has 2 rings (SSSR count). The van der Waals surface area contributed by atoms with Crippen LogP contribution in [0.4, 0.5) is 0 Å². The number of hydrogen-bond donors (Lipinski definition) is 0. The van der Waals surface area contributed by atoms with Gasteiger partial charge in [0.2, 0.25) is 0 Å². The first kappa shape index (κ1) is 11.8. The summed E-state index contributed by atoms with van der Waals surface area (Å²) in [5.74, 6) is 0. The van der Waals surface area contributed by atoms with E-state index in [2.05, 4.69) is 0 Å². The van der Waals surface area contributed by atoms with Crippen molar-refractivity contribution in [3.8, 4) is 0 Å². The second-order valence-corrected chi connectivity index (χ2v) is 3.84. The number of halogens is 1. The lowest BCUT2D eigenvalue weighted by Gasteiger charge is -1.99. The highest BCUT2D eigenvalue weighted by Gasteiger charge is 1.95. The maximum atomic E-state index is 5.80. The monoisotopic (exact) mass is 218 g/mol. The van der Waals surface area contributed by atoms with E-state index < -0.39 is 0 Å². The topological polar surface area (TPSA) is 0 Å². The second-order valence-electron chi connectivity index (χ2n) is 3.18. The summed E-state index contributed by atoms with van der Waals surface area (Å²) in [4.78, 5) is 0. The van der Waals surface area contributed by atoms with Gasteiger partial charge in [0.1, 0.15) is 0 Å². The molecule has 2 aromatic rings. The highest BCUT2D eigenvalue weighted by Crippen LogP contribution is 2.17. The van der Waals surface area contributed by atoms with Gasteiger partial charge in [-0.2, -0.15) is 0 Å². The Bertz CT molecular complexity index is 314. The first-order valence-electron chi connectivity index (χ1n) is 4.99. The fraction of sp³-hybridized carbons (Fsp3) is 0.143. The second kappa shape index (κ2) is 7.08. The third-order valence-electron chi connectivity index (χ3n) is 1.93. The van der Waals surface area contributed by atoms with Crippen molar-refractivity contribution in [3.63, 3.8) is 0 Å². The van der Waals surface area contributed by atoms with Gasteiger partial charge in [0.25, 0.3) is 0 Å². The molecule has 0 aliphatic heterocycles. The molecule has 0 saturated carbocycles. The fourth-order valence-corrected chi connectivity index (χ4v) is 1.25. The molecule has 0 bridgehead atoms. The molecule has 0 heterocycles. The first-order chi connectivity index (χ1) is 7.30. The minimum Gasteiger partial charge on any atom is -0.118 e. The maximum absolute atomic E-state index is 5.80. The van der Waals surface area contributed by atoms with E-state index in [-0.39, 0.29) is 5.38 Å². The van der Waals surface area contributed by atoms with Crippen LogP contribution in [-0.4, -0.2) is 0 Å². The van der Waals surface area contributed by atoms with E-state index in [1.165, 1.54) is 5.56 Å². The van der Waals surface area contributed by atoms with Crippen LogP contribution in [0.3, 0.4) is 0 Å². The number of rotatable bonds is 1. The predicted octanol–water partition coefficient (Wildman–Crippen LogP) is 4.67. The van der Waals surface area contributed by atoms with Gasteiger partial charge in [0.15, 0.2) is 0 Å². The molecule has 1 atom stereocenters. The molecule has 1 heteroatoms. The Morgan fingerprint density at radius 2 is 1.07 bits per heavy atom. The summed E-state index contributed by atoms with van der Waals surface area (Å²) in [5.41, 5.74) is 1.18. The number of alkyl halides is 1. The first-order valence-corrected chi connectivity index (χ1v) is 5.43. The fourth-order valence-electron chi connectivity index (χ4n) is 1.10. The predicted molar refractivity (Wildman–Crippen MR) is 67.2 cm³/mol. The molecule has 0 aliphatic carbocycles. The Morgan fingerprint density at radius 3 is 1.33 bits per heavy atom. The van der Waals surface area contributed by atoms with Crippen molar-refractivity contribution in [1.82, 2.24) is 0 Å². The highest BCUT2D eigenvalue weighted by atomic mass is 35.5. The van der Waals surface area contributed by atoms with E-state index in [0.717, 1.165) is 0 Å². The molecule has 0 amide bonds. The smallest absolute Gasteiger partial charge is 0.0557 e. The number of hydrogen-bond acceptors (Lipinski definition) is 0. The van der Waals surface area contributed by atoms with Crippen molar-refractivity contribution < 1.29 is 0 Å². The molecule has 2 aromatic carbocycles. The zero-order chi connectivity index (χ0) is 10.9. The zero-order valence-electron chi connectivity index (χ0n) is 8.81. The Morgan fingerprint density at radius 1 is 0.733 bits per heavy atom. The minimum atomic E-state index is 0.131. The van der Waals surface area contributed by atoms with E-state index in [1.807, 2.05) is 73.7 Å². The average Bonchev–Trinajstić information content (AvgIpc) is 2.33. The van der Waals surface area contributed by atoms with Crippen LogP contribution in [0.2, 0.25) is 0 Å². The van der Waals surface area contributed by atoms with Gasteiger partial charge < -0.3 is 0 Å². The van der Waals surface area contributed by atoms with Crippen molar-refractivity contribution in [2.24, 2.45) is 0 Å². The normalized spacial score (nSPS) is 11.1. The van der Waals surface area contributed by atoms with Gasteiger partial charge in [-0.05, 0) is 12.5 Å². The Kier molecular flexibility index (Phi) is 5.57. The lowest BCUT2D eigenvalue weighted by atomic mass is 10.2. The molecule has 0 saturated heterocycles. The molecule has 1 unspecified atom stereocenters. The van der Waals surface area contributed by atoms with Crippen molar-refractivity contribution in [1.29, 1.82) is 0 Å². The van der Waals surface area contributed by atoms with Crippen LogP contribution in [0.15, 0.2) is 66.7 Å². The summed E-state index contributed by atoms with van der Waals surface area (Å²) in [7, 11) is 0. The van der Waals surface area contributed by atoms with Crippen LogP contribution in [0.25, 0.3) is 0 Å². The molecule has 0 spiro atoms. The molecule has 0 aliphatic rings. The summed E-state index contributed by atoms with van der Waals surface area (Å²) >= 11 is 5.80. The van der Waals surface area contributed by atoms with Crippen molar-refractivity contribution in [2.75, 3.05) is 0 Å². The Balaban J connectivity index is 0.000000162. The zero-order valence-corrected chi connectivity index (χ0v) is 9.56. The average molecular weight is 219 g/mol. The molecule has 0 radical (unpaired) electrons. The van der Waals surface area contributed by atoms with Crippen LogP contribution in [0, 0.1) is 0 Å². The SMILES string of the molecule is CC(Cl)c1ccccc1.c1ccccc1. The van der Waals surface area contributed by atoms with Crippen LogP contribution >= 0.6 is 11.6 Å². The van der Waals surface area contributed by atoms with E-state index in [0.29, 0.717) is 0 Å². The third-order valence-corrected chi connectivity index (χ3v) is 2.18. The summed E-state index contributed by atoms with van der Waals surface area (Å²) in [6.07, 6.45) is 0. The summed E-state index contributed by atoms with van der Waals surface area (Å²) in [6.45, 7) is 1.97.